The fourth-order valence-electron chi connectivity index (χ4n) is 1.73. The molecule has 1 fully saturated rings. The van der Waals surface area contributed by atoms with Crippen molar-refractivity contribution in [3.05, 3.63) is 10.7 Å². The fourth-order valence-corrected chi connectivity index (χ4v) is 2.04. The second-order valence-corrected chi connectivity index (χ2v) is 5.22. The van der Waals surface area contributed by atoms with E-state index < -0.39 is 0 Å². The van der Waals surface area contributed by atoms with Gasteiger partial charge in [0.25, 0.3) is 0 Å². The van der Waals surface area contributed by atoms with Crippen LogP contribution in [-0.4, -0.2) is 23.1 Å². The summed E-state index contributed by atoms with van der Waals surface area (Å²) in [5.74, 6) is 2.43. The molecule has 1 atom stereocenters. The summed E-state index contributed by atoms with van der Waals surface area (Å²) >= 11 is 3.45. The first kappa shape index (κ1) is 11.6. The molecule has 0 spiro atoms. The Morgan fingerprint density at radius 2 is 2.31 bits per heavy atom. The van der Waals surface area contributed by atoms with Crippen LogP contribution in [-0.2, 0) is 0 Å². The molecule has 1 aliphatic carbocycles. The van der Waals surface area contributed by atoms with Gasteiger partial charge in [0.05, 0.1) is 4.47 Å². The van der Waals surface area contributed by atoms with E-state index in [1.807, 2.05) is 7.05 Å². The van der Waals surface area contributed by atoms with E-state index in [4.69, 9.17) is 0 Å². The number of hydrogen-bond acceptors (Lipinski definition) is 4. The van der Waals surface area contributed by atoms with E-state index >= 15 is 0 Å². The van der Waals surface area contributed by atoms with Crippen molar-refractivity contribution in [2.24, 2.45) is 5.92 Å². The Balaban J connectivity index is 2.00. The summed E-state index contributed by atoms with van der Waals surface area (Å²) in [7, 11) is 1.82. The van der Waals surface area contributed by atoms with Gasteiger partial charge in [-0.05, 0) is 35.2 Å². The van der Waals surface area contributed by atoms with E-state index in [2.05, 4.69) is 43.5 Å². The largest absolute Gasteiger partial charge is 0.367 e. The van der Waals surface area contributed by atoms with Crippen LogP contribution in [0.15, 0.2) is 10.7 Å². The minimum absolute atomic E-state index is 0.461. The highest BCUT2D eigenvalue weighted by molar-refractivity contribution is 9.10. The maximum Gasteiger partial charge on any atom is 0.224 e. The lowest BCUT2D eigenvalue weighted by Gasteiger charge is -2.15. The highest BCUT2D eigenvalue weighted by Crippen LogP contribution is 2.34. The van der Waals surface area contributed by atoms with Crippen molar-refractivity contribution >= 4 is 27.7 Å². The van der Waals surface area contributed by atoms with Gasteiger partial charge in [0.1, 0.15) is 5.82 Å². The van der Waals surface area contributed by atoms with Crippen LogP contribution in [0.1, 0.15) is 26.2 Å². The molecule has 0 bridgehead atoms. The molecule has 2 N–H and O–H groups in total. The van der Waals surface area contributed by atoms with Gasteiger partial charge in [-0.25, -0.2) is 4.98 Å². The predicted molar refractivity (Wildman–Crippen MR) is 69.7 cm³/mol. The Morgan fingerprint density at radius 3 is 2.94 bits per heavy atom. The van der Waals surface area contributed by atoms with E-state index in [0.29, 0.717) is 12.0 Å². The zero-order valence-corrected chi connectivity index (χ0v) is 11.2. The molecule has 1 aliphatic rings. The Morgan fingerprint density at radius 1 is 1.56 bits per heavy atom. The first-order chi connectivity index (χ1) is 7.69. The Labute approximate surface area is 104 Å². The van der Waals surface area contributed by atoms with E-state index in [9.17, 15) is 0 Å². The Bertz CT molecular complexity index is 365. The minimum atomic E-state index is 0.461. The van der Waals surface area contributed by atoms with Crippen LogP contribution in [0.4, 0.5) is 11.8 Å². The maximum atomic E-state index is 4.38. The molecule has 16 heavy (non-hydrogen) atoms. The van der Waals surface area contributed by atoms with Crippen molar-refractivity contribution in [2.45, 2.75) is 32.2 Å². The standard InChI is InChI=1S/C11H17BrN4/c1-7(5-8-3-4-8)15-10-9(12)6-14-11(13-2)16-10/h6-8H,3-5H2,1-2H3,(H2,13,14,15,16). The molecule has 1 unspecified atom stereocenters. The summed E-state index contributed by atoms with van der Waals surface area (Å²) in [6.45, 7) is 2.20. The van der Waals surface area contributed by atoms with E-state index in [1.165, 1.54) is 19.3 Å². The molecule has 1 aromatic rings. The van der Waals surface area contributed by atoms with E-state index in [-0.39, 0.29) is 0 Å². The highest BCUT2D eigenvalue weighted by atomic mass is 79.9. The highest BCUT2D eigenvalue weighted by Gasteiger charge is 2.23. The van der Waals surface area contributed by atoms with Crippen molar-refractivity contribution < 1.29 is 0 Å². The van der Waals surface area contributed by atoms with Gasteiger partial charge in [-0.1, -0.05) is 12.8 Å². The molecule has 2 rings (SSSR count). The lowest BCUT2D eigenvalue weighted by atomic mass is 10.1. The Hall–Kier alpha value is -0.840. The third-order valence-electron chi connectivity index (χ3n) is 2.73. The average Bonchev–Trinajstić information content (AvgIpc) is 3.05. The van der Waals surface area contributed by atoms with Crippen LogP contribution >= 0.6 is 15.9 Å². The van der Waals surface area contributed by atoms with Gasteiger partial charge in [0.2, 0.25) is 5.95 Å². The lowest BCUT2D eigenvalue weighted by molar-refractivity contribution is 0.639. The number of anilines is 2. The van der Waals surface area contributed by atoms with Gasteiger partial charge in [0, 0.05) is 19.3 Å². The smallest absolute Gasteiger partial charge is 0.224 e. The molecule has 1 heterocycles. The zero-order chi connectivity index (χ0) is 11.5. The minimum Gasteiger partial charge on any atom is -0.367 e. The number of rotatable bonds is 5. The summed E-state index contributed by atoms with van der Waals surface area (Å²) in [5.41, 5.74) is 0. The molecular weight excluding hydrogens is 268 g/mol. The summed E-state index contributed by atoms with van der Waals surface area (Å²) < 4.78 is 0.911. The topological polar surface area (TPSA) is 49.8 Å². The lowest BCUT2D eigenvalue weighted by Crippen LogP contribution is -2.17. The molecule has 1 saturated carbocycles. The van der Waals surface area contributed by atoms with Crippen molar-refractivity contribution in [3.8, 4) is 0 Å². The molecular formula is C11H17BrN4. The first-order valence-corrected chi connectivity index (χ1v) is 6.45. The number of hydrogen-bond donors (Lipinski definition) is 2. The van der Waals surface area contributed by atoms with Gasteiger partial charge in [0.15, 0.2) is 0 Å². The fraction of sp³-hybridized carbons (Fsp3) is 0.636. The molecule has 5 heteroatoms. The third kappa shape index (κ3) is 3.07. The van der Waals surface area contributed by atoms with E-state index in [0.717, 1.165) is 16.2 Å². The molecule has 0 radical (unpaired) electrons. The molecule has 4 nitrogen and oxygen atoms in total. The van der Waals surface area contributed by atoms with Crippen LogP contribution in [0.2, 0.25) is 0 Å². The second-order valence-electron chi connectivity index (χ2n) is 4.36. The summed E-state index contributed by atoms with van der Waals surface area (Å²) in [4.78, 5) is 8.51. The number of nitrogens with one attached hydrogen (secondary N) is 2. The van der Waals surface area contributed by atoms with Crippen molar-refractivity contribution in [1.82, 2.24) is 9.97 Å². The monoisotopic (exact) mass is 284 g/mol. The molecule has 1 aromatic heterocycles. The van der Waals surface area contributed by atoms with Gasteiger partial charge in [-0.2, -0.15) is 4.98 Å². The van der Waals surface area contributed by atoms with Crippen molar-refractivity contribution in [3.63, 3.8) is 0 Å². The molecule has 0 amide bonds. The number of aromatic nitrogens is 2. The SMILES string of the molecule is CNc1ncc(Br)c(NC(C)CC2CC2)n1. The van der Waals surface area contributed by atoms with Crippen LogP contribution in [0.5, 0.6) is 0 Å². The normalized spacial score (nSPS) is 16.9. The van der Waals surface area contributed by atoms with Gasteiger partial charge in [-0.15, -0.1) is 0 Å². The van der Waals surface area contributed by atoms with Gasteiger partial charge >= 0.3 is 0 Å². The van der Waals surface area contributed by atoms with Crippen LogP contribution in [0, 0.1) is 5.92 Å². The third-order valence-corrected chi connectivity index (χ3v) is 3.31. The van der Waals surface area contributed by atoms with Crippen molar-refractivity contribution in [1.29, 1.82) is 0 Å². The Kier molecular flexibility index (Phi) is 3.63. The predicted octanol–water partition coefficient (Wildman–Crippen LogP) is 2.88. The van der Waals surface area contributed by atoms with Crippen LogP contribution in [0.25, 0.3) is 0 Å². The molecule has 0 saturated heterocycles. The van der Waals surface area contributed by atoms with E-state index in [1.54, 1.807) is 6.20 Å². The van der Waals surface area contributed by atoms with Crippen molar-refractivity contribution in [2.75, 3.05) is 17.7 Å². The average molecular weight is 285 g/mol. The molecule has 0 aromatic carbocycles. The van der Waals surface area contributed by atoms with Gasteiger partial charge in [-0.3, -0.25) is 0 Å². The zero-order valence-electron chi connectivity index (χ0n) is 9.63. The number of halogens is 1. The van der Waals surface area contributed by atoms with Crippen LogP contribution in [0.3, 0.4) is 0 Å². The van der Waals surface area contributed by atoms with Crippen LogP contribution < -0.4 is 10.6 Å². The first-order valence-electron chi connectivity index (χ1n) is 5.66. The quantitative estimate of drug-likeness (QED) is 0.873. The maximum absolute atomic E-state index is 4.38. The number of nitrogens with zero attached hydrogens (tertiary/aromatic N) is 2. The molecule has 88 valence electrons. The summed E-state index contributed by atoms with van der Waals surface area (Å²) in [6, 6.07) is 0.461. The summed E-state index contributed by atoms with van der Waals surface area (Å²) in [6.07, 6.45) is 5.77. The molecule has 0 aliphatic heterocycles. The van der Waals surface area contributed by atoms with Gasteiger partial charge < -0.3 is 10.6 Å². The summed E-state index contributed by atoms with van der Waals surface area (Å²) in [5, 5.41) is 6.36. The second kappa shape index (κ2) is 4.99.